The monoisotopic (exact) mass is 442 g/mol. The highest BCUT2D eigenvalue weighted by Crippen LogP contribution is 2.24. The van der Waals surface area contributed by atoms with Gasteiger partial charge in [-0.25, -0.2) is 13.4 Å². The van der Waals surface area contributed by atoms with E-state index in [1.165, 1.54) is 15.4 Å². The quantitative estimate of drug-likeness (QED) is 0.608. The lowest BCUT2D eigenvalue weighted by molar-refractivity contribution is 0.0730. The van der Waals surface area contributed by atoms with E-state index in [1.807, 2.05) is 12.1 Å². The van der Waals surface area contributed by atoms with E-state index >= 15 is 0 Å². The maximum absolute atomic E-state index is 13.0. The summed E-state index contributed by atoms with van der Waals surface area (Å²) in [4.78, 5) is 5.07. The molecule has 1 aliphatic rings. The van der Waals surface area contributed by atoms with Crippen molar-refractivity contribution in [2.24, 2.45) is 0 Å². The van der Waals surface area contributed by atoms with Crippen molar-refractivity contribution in [3.05, 3.63) is 59.4 Å². The number of hydrogen-bond acceptors (Lipinski definition) is 5. The van der Waals surface area contributed by atoms with E-state index in [0.717, 1.165) is 17.9 Å². The summed E-state index contributed by atoms with van der Waals surface area (Å²) in [7, 11) is -3.54. The van der Waals surface area contributed by atoms with Gasteiger partial charge in [0.1, 0.15) is 5.82 Å². The molecule has 0 bridgehead atoms. The van der Waals surface area contributed by atoms with Gasteiger partial charge in [-0.15, -0.1) is 0 Å². The highest BCUT2D eigenvalue weighted by atomic mass is 32.2. The van der Waals surface area contributed by atoms with Crippen molar-refractivity contribution in [3.63, 3.8) is 0 Å². The number of sulfonamides is 1. The Labute approximate surface area is 184 Å². The molecule has 8 heteroatoms. The van der Waals surface area contributed by atoms with Crippen molar-refractivity contribution >= 4 is 21.1 Å². The average molecular weight is 443 g/mol. The van der Waals surface area contributed by atoms with Gasteiger partial charge in [0.25, 0.3) is 0 Å². The Morgan fingerprint density at radius 2 is 1.90 bits per heavy atom. The number of nitrogens with zero attached hydrogens (tertiary/aromatic N) is 3. The SMILES string of the molecule is CCn1c(CNC(C)c2ccccc2C)nc2cc(S(=O)(=O)N3CCOCC3)ccc21. The minimum atomic E-state index is -3.54. The number of aromatic nitrogens is 2. The molecule has 1 N–H and O–H groups in total. The van der Waals surface area contributed by atoms with Crippen LogP contribution in [0.3, 0.4) is 0 Å². The van der Waals surface area contributed by atoms with Crippen molar-refractivity contribution < 1.29 is 13.2 Å². The summed E-state index contributed by atoms with van der Waals surface area (Å²) < 4.78 is 35.0. The van der Waals surface area contributed by atoms with Gasteiger partial charge in [0.15, 0.2) is 0 Å². The minimum absolute atomic E-state index is 0.184. The van der Waals surface area contributed by atoms with Crippen LogP contribution in [0, 0.1) is 6.92 Å². The Morgan fingerprint density at radius 3 is 2.61 bits per heavy atom. The molecule has 0 aliphatic carbocycles. The number of imidazole rings is 1. The second-order valence-corrected chi connectivity index (χ2v) is 9.84. The molecule has 4 rings (SSSR count). The smallest absolute Gasteiger partial charge is 0.243 e. The molecule has 0 saturated carbocycles. The van der Waals surface area contributed by atoms with Crippen molar-refractivity contribution in [1.29, 1.82) is 0 Å². The van der Waals surface area contributed by atoms with Crippen LogP contribution in [0.2, 0.25) is 0 Å². The molecule has 3 aromatic rings. The summed E-state index contributed by atoms with van der Waals surface area (Å²) in [6.07, 6.45) is 0. The topological polar surface area (TPSA) is 76.5 Å². The molecule has 31 heavy (non-hydrogen) atoms. The van der Waals surface area contributed by atoms with E-state index in [-0.39, 0.29) is 10.9 Å². The number of aryl methyl sites for hydroxylation is 2. The zero-order chi connectivity index (χ0) is 22.0. The second kappa shape index (κ2) is 9.08. The molecule has 0 amide bonds. The van der Waals surface area contributed by atoms with Gasteiger partial charge < -0.3 is 14.6 Å². The number of nitrogens with one attached hydrogen (secondary N) is 1. The predicted molar refractivity (Wildman–Crippen MR) is 121 cm³/mol. The molecule has 1 aliphatic heterocycles. The zero-order valence-corrected chi connectivity index (χ0v) is 19.2. The molecule has 0 spiro atoms. The highest BCUT2D eigenvalue weighted by Gasteiger charge is 2.27. The van der Waals surface area contributed by atoms with Crippen LogP contribution >= 0.6 is 0 Å². The maximum atomic E-state index is 13.0. The molecular formula is C23H30N4O3S. The van der Waals surface area contributed by atoms with Crippen molar-refractivity contribution in [3.8, 4) is 0 Å². The third kappa shape index (κ3) is 4.39. The van der Waals surface area contributed by atoms with E-state index in [4.69, 9.17) is 9.72 Å². The number of ether oxygens (including phenoxy) is 1. The van der Waals surface area contributed by atoms with Crippen LogP contribution in [0.15, 0.2) is 47.4 Å². The number of morpholine rings is 1. The first-order valence-electron chi connectivity index (χ1n) is 10.8. The second-order valence-electron chi connectivity index (χ2n) is 7.90. The third-order valence-corrected chi connectivity index (χ3v) is 7.84. The Bertz CT molecular complexity index is 1170. The molecule has 1 atom stereocenters. The fourth-order valence-electron chi connectivity index (χ4n) is 4.17. The van der Waals surface area contributed by atoms with Crippen LogP contribution in [-0.2, 0) is 27.8 Å². The van der Waals surface area contributed by atoms with E-state index in [0.29, 0.717) is 38.4 Å². The summed E-state index contributed by atoms with van der Waals surface area (Å²) in [5.41, 5.74) is 4.17. The molecule has 7 nitrogen and oxygen atoms in total. The maximum Gasteiger partial charge on any atom is 0.243 e. The van der Waals surface area contributed by atoms with Gasteiger partial charge in [0.2, 0.25) is 10.0 Å². The molecule has 1 unspecified atom stereocenters. The molecule has 2 aromatic carbocycles. The van der Waals surface area contributed by atoms with Crippen molar-refractivity contribution in [2.45, 2.75) is 44.8 Å². The first-order valence-corrected chi connectivity index (χ1v) is 12.2. The van der Waals surface area contributed by atoms with E-state index in [2.05, 4.69) is 48.9 Å². The summed E-state index contributed by atoms with van der Waals surface area (Å²) in [6.45, 7) is 9.34. The van der Waals surface area contributed by atoms with Gasteiger partial charge >= 0.3 is 0 Å². The fraction of sp³-hybridized carbons (Fsp3) is 0.435. The molecule has 1 aromatic heterocycles. The first-order chi connectivity index (χ1) is 14.9. The Hall–Kier alpha value is -2.26. The lowest BCUT2D eigenvalue weighted by Gasteiger charge is -2.26. The molecule has 1 saturated heterocycles. The van der Waals surface area contributed by atoms with E-state index < -0.39 is 10.0 Å². The lowest BCUT2D eigenvalue weighted by atomic mass is 10.0. The third-order valence-electron chi connectivity index (χ3n) is 5.94. The highest BCUT2D eigenvalue weighted by molar-refractivity contribution is 7.89. The summed E-state index contributed by atoms with van der Waals surface area (Å²) in [6, 6.07) is 13.8. The molecule has 0 radical (unpaired) electrons. The number of rotatable bonds is 7. The van der Waals surface area contributed by atoms with Crippen LogP contribution in [0.5, 0.6) is 0 Å². The van der Waals surface area contributed by atoms with Gasteiger partial charge in [0.05, 0.1) is 35.7 Å². The van der Waals surface area contributed by atoms with Crippen LogP contribution in [-0.4, -0.2) is 48.6 Å². The largest absolute Gasteiger partial charge is 0.379 e. The molecule has 166 valence electrons. The minimum Gasteiger partial charge on any atom is -0.379 e. The molecule has 1 fully saturated rings. The average Bonchev–Trinajstić information content (AvgIpc) is 3.15. The number of hydrogen-bond donors (Lipinski definition) is 1. The Balaban J connectivity index is 1.59. The zero-order valence-electron chi connectivity index (χ0n) is 18.3. The normalized spacial score (nSPS) is 16.6. The summed E-state index contributed by atoms with van der Waals surface area (Å²) in [5.74, 6) is 0.902. The van der Waals surface area contributed by atoms with Crippen molar-refractivity contribution in [1.82, 2.24) is 19.2 Å². The van der Waals surface area contributed by atoms with Gasteiger partial charge in [0, 0.05) is 25.7 Å². The lowest BCUT2D eigenvalue weighted by Crippen LogP contribution is -2.40. The number of benzene rings is 2. The van der Waals surface area contributed by atoms with Gasteiger partial charge in [-0.1, -0.05) is 24.3 Å². The Morgan fingerprint density at radius 1 is 1.16 bits per heavy atom. The van der Waals surface area contributed by atoms with Gasteiger partial charge in [-0.05, 0) is 50.1 Å². The standard InChI is InChI=1S/C23H30N4O3S/c1-4-27-22-10-9-19(31(28,29)26-11-13-30-14-12-26)15-21(22)25-23(27)16-24-18(3)20-8-6-5-7-17(20)2/h5-10,15,18,24H,4,11-14,16H2,1-3H3. The van der Waals surface area contributed by atoms with Gasteiger partial charge in [-0.3, -0.25) is 0 Å². The molecular weight excluding hydrogens is 412 g/mol. The fourth-order valence-corrected chi connectivity index (χ4v) is 5.60. The Kier molecular flexibility index (Phi) is 6.43. The van der Waals surface area contributed by atoms with Crippen LogP contribution in [0.4, 0.5) is 0 Å². The summed E-state index contributed by atoms with van der Waals surface area (Å²) in [5, 5.41) is 3.56. The van der Waals surface area contributed by atoms with Crippen LogP contribution in [0.25, 0.3) is 11.0 Å². The van der Waals surface area contributed by atoms with Gasteiger partial charge in [-0.2, -0.15) is 4.31 Å². The summed E-state index contributed by atoms with van der Waals surface area (Å²) >= 11 is 0. The molecule has 2 heterocycles. The predicted octanol–water partition coefficient (Wildman–Crippen LogP) is 3.24. The number of fused-ring (bicyclic) bond motifs is 1. The van der Waals surface area contributed by atoms with Crippen LogP contribution < -0.4 is 5.32 Å². The first kappa shape index (κ1) is 22.0. The van der Waals surface area contributed by atoms with E-state index in [9.17, 15) is 8.42 Å². The van der Waals surface area contributed by atoms with E-state index in [1.54, 1.807) is 12.1 Å². The van der Waals surface area contributed by atoms with Crippen LogP contribution in [0.1, 0.15) is 36.8 Å². The van der Waals surface area contributed by atoms with Crippen molar-refractivity contribution in [2.75, 3.05) is 26.3 Å².